The number of hydrogen-bond acceptors (Lipinski definition) is 4. The quantitative estimate of drug-likeness (QED) is 0.662. The molecule has 0 radical (unpaired) electrons. The predicted molar refractivity (Wildman–Crippen MR) is 69.2 cm³/mol. The highest BCUT2D eigenvalue weighted by Crippen LogP contribution is 2.36. The number of rotatable bonds is 5. The Morgan fingerprint density at radius 1 is 1.12 bits per heavy atom. The highest BCUT2D eigenvalue weighted by Gasteiger charge is 2.41. The summed E-state index contributed by atoms with van der Waals surface area (Å²) in [5.74, 6) is -6.67. The largest absolute Gasteiger partial charge is 0.478 e. The minimum absolute atomic E-state index is 0.330. The lowest BCUT2D eigenvalue weighted by Gasteiger charge is -2.13. The number of alkyl halides is 5. The van der Waals surface area contributed by atoms with Crippen molar-refractivity contribution in [3.8, 4) is 0 Å². The van der Waals surface area contributed by atoms with Crippen LogP contribution in [-0.2, 0) is 23.3 Å². The molecule has 2 rings (SSSR count). The average Bonchev–Trinajstić information content (AvgIpc) is 2.95. The third-order valence-electron chi connectivity index (χ3n) is 2.99. The van der Waals surface area contributed by atoms with Gasteiger partial charge in [0, 0.05) is 17.6 Å². The first-order chi connectivity index (χ1) is 11.0. The van der Waals surface area contributed by atoms with Gasteiger partial charge in [-0.15, -0.1) is 0 Å². The van der Waals surface area contributed by atoms with Crippen molar-refractivity contribution in [1.29, 1.82) is 0 Å². The van der Waals surface area contributed by atoms with Crippen LogP contribution in [0.15, 0.2) is 40.9 Å². The Hall–Kier alpha value is -2.78. The molecule has 1 aromatic heterocycles. The lowest BCUT2D eigenvalue weighted by atomic mass is 10.1. The maximum absolute atomic E-state index is 14.2. The zero-order valence-corrected chi connectivity index (χ0v) is 11.8. The van der Waals surface area contributed by atoms with Gasteiger partial charge in [-0.3, -0.25) is 0 Å². The van der Waals surface area contributed by atoms with Crippen LogP contribution in [0.2, 0.25) is 0 Å². The molecule has 10 heteroatoms. The third kappa shape index (κ3) is 3.58. The monoisotopic (exact) mass is 348 g/mol. The number of aliphatic carboxylic acids is 1. The number of halogens is 5. The van der Waals surface area contributed by atoms with Gasteiger partial charge in [0.25, 0.3) is 0 Å². The van der Waals surface area contributed by atoms with Gasteiger partial charge in [0.1, 0.15) is 0 Å². The Kier molecular flexibility index (Phi) is 4.41. The summed E-state index contributed by atoms with van der Waals surface area (Å²) in [6.45, 7) is 3.20. The van der Waals surface area contributed by atoms with Crippen molar-refractivity contribution < 1.29 is 36.4 Å². The summed E-state index contributed by atoms with van der Waals surface area (Å²) in [5.41, 5.74) is -2.19. The molecule has 0 aliphatic carbocycles. The summed E-state index contributed by atoms with van der Waals surface area (Å²) in [7, 11) is 0. The number of benzene rings is 1. The van der Waals surface area contributed by atoms with Crippen molar-refractivity contribution in [3.05, 3.63) is 59.3 Å². The first kappa shape index (κ1) is 17.6. The SMILES string of the molecule is C=C(Cc1noc(C(F)(F)c2ccc(C(F)(F)F)cc2)n1)C(=O)O. The van der Waals surface area contributed by atoms with Crippen molar-refractivity contribution in [1.82, 2.24) is 10.1 Å². The molecule has 0 unspecified atom stereocenters. The molecule has 0 aliphatic rings. The van der Waals surface area contributed by atoms with Crippen LogP contribution in [0.5, 0.6) is 0 Å². The molecule has 1 heterocycles. The number of carboxylic acids is 1. The summed E-state index contributed by atoms with van der Waals surface area (Å²) < 4.78 is 70.1. The van der Waals surface area contributed by atoms with E-state index in [1.807, 2.05) is 0 Å². The highest BCUT2D eigenvalue weighted by atomic mass is 19.4. The Balaban J connectivity index is 2.25. The molecule has 128 valence electrons. The molecule has 0 aliphatic heterocycles. The van der Waals surface area contributed by atoms with E-state index in [9.17, 15) is 26.7 Å². The Labute approximate surface area is 131 Å². The van der Waals surface area contributed by atoms with Crippen LogP contribution in [0.4, 0.5) is 22.0 Å². The van der Waals surface area contributed by atoms with E-state index in [1.54, 1.807) is 0 Å². The molecule has 24 heavy (non-hydrogen) atoms. The van der Waals surface area contributed by atoms with Gasteiger partial charge in [0.05, 0.1) is 5.56 Å². The summed E-state index contributed by atoms with van der Waals surface area (Å²) in [6, 6.07) is 2.21. The summed E-state index contributed by atoms with van der Waals surface area (Å²) >= 11 is 0. The van der Waals surface area contributed by atoms with Gasteiger partial charge in [-0.25, -0.2) is 4.79 Å². The molecular formula is C14H9F5N2O3. The van der Waals surface area contributed by atoms with Crippen molar-refractivity contribution in [2.75, 3.05) is 0 Å². The van der Waals surface area contributed by atoms with Crippen LogP contribution in [0.1, 0.15) is 22.8 Å². The van der Waals surface area contributed by atoms with E-state index in [2.05, 4.69) is 21.2 Å². The second kappa shape index (κ2) is 6.02. The summed E-state index contributed by atoms with van der Waals surface area (Å²) in [4.78, 5) is 14.0. The van der Waals surface area contributed by atoms with Crippen molar-refractivity contribution in [3.63, 3.8) is 0 Å². The lowest BCUT2D eigenvalue weighted by Crippen LogP contribution is -2.16. The van der Waals surface area contributed by atoms with Crippen LogP contribution in [0.25, 0.3) is 0 Å². The molecule has 0 spiro atoms. The van der Waals surface area contributed by atoms with E-state index in [1.165, 1.54) is 0 Å². The number of aromatic nitrogens is 2. The molecule has 0 bridgehead atoms. The second-order valence-corrected chi connectivity index (χ2v) is 4.75. The van der Waals surface area contributed by atoms with Gasteiger partial charge in [0.2, 0.25) is 0 Å². The summed E-state index contributed by atoms with van der Waals surface area (Å²) in [5, 5.41) is 11.9. The van der Waals surface area contributed by atoms with E-state index in [-0.39, 0.29) is 11.4 Å². The van der Waals surface area contributed by atoms with Gasteiger partial charge in [-0.2, -0.15) is 26.9 Å². The first-order valence-electron chi connectivity index (χ1n) is 6.31. The molecule has 0 amide bonds. The van der Waals surface area contributed by atoms with Gasteiger partial charge in [-0.1, -0.05) is 23.9 Å². The van der Waals surface area contributed by atoms with Crippen LogP contribution in [0.3, 0.4) is 0 Å². The van der Waals surface area contributed by atoms with Gasteiger partial charge in [0.15, 0.2) is 5.82 Å². The fourth-order valence-electron chi connectivity index (χ4n) is 1.71. The van der Waals surface area contributed by atoms with Gasteiger partial charge >= 0.3 is 24.0 Å². The number of nitrogens with zero attached hydrogens (tertiary/aromatic N) is 2. The number of carboxylic acid groups (broad SMARTS) is 1. The normalized spacial score (nSPS) is 12.2. The topological polar surface area (TPSA) is 76.2 Å². The molecule has 5 nitrogen and oxygen atoms in total. The Bertz CT molecular complexity index is 765. The minimum atomic E-state index is -4.65. The molecule has 0 fully saturated rings. The van der Waals surface area contributed by atoms with Crippen LogP contribution < -0.4 is 0 Å². The number of carbonyl (C=O) groups is 1. The zero-order chi connectivity index (χ0) is 18.1. The van der Waals surface area contributed by atoms with Gasteiger partial charge < -0.3 is 9.63 Å². The number of hydrogen-bond donors (Lipinski definition) is 1. The smallest absolute Gasteiger partial charge is 0.416 e. The van der Waals surface area contributed by atoms with E-state index >= 15 is 0 Å². The maximum atomic E-state index is 14.2. The second-order valence-electron chi connectivity index (χ2n) is 4.75. The van der Waals surface area contributed by atoms with Gasteiger partial charge in [-0.05, 0) is 12.1 Å². The van der Waals surface area contributed by atoms with Crippen molar-refractivity contribution >= 4 is 5.97 Å². The lowest BCUT2D eigenvalue weighted by molar-refractivity contribution is -0.137. The molecule has 0 saturated carbocycles. The van der Waals surface area contributed by atoms with E-state index in [0.717, 1.165) is 0 Å². The van der Waals surface area contributed by atoms with Crippen molar-refractivity contribution in [2.45, 2.75) is 18.5 Å². The third-order valence-corrected chi connectivity index (χ3v) is 2.99. The first-order valence-corrected chi connectivity index (χ1v) is 6.31. The molecule has 2 aromatic rings. The van der Waals surface area contributed by atoms with Crippen LogP contribution >= 0.6 is 0 Å². The van der Waals surface area contributed by atoms with E-state index < -0.39 is 41.5 Å². The standard InChI is InChI=1S/C14H9F5N2O3/c1-7(11(22)23)6-10-20-12(24-21-10)13(15,16)8-2-4-9(5-3-8)14(17,18)19/h2-5H,1,6H2,(H,22,23). The predicted octanol–water partition coefficient (Wildman–Crippen LogP) is 3.41. The summed E-state index contributed by atoms with van der Waals surface area (Å²) in [6.07, 6.45) is -5.06. The fraction of sp³-hybridized carbons (Fsp3) is 0.214. The molecule has 1 aromatic carbocycles. The van der Waals surface area contributed by atoms with Crippen molar-refractivity contribution in [2.24, 2.45) is 0 Å². The molecule has 1 N–H and O–H groups in total. The maximum Gasteiger partial charge on any atom is 0.416 e. The fourth-order valence-corrected chi connectivity index (χ4v) is 1.71. The Morgan fingerprint density at radius 3 is 2.17 bits per heavy atom. The highest BCUT2D eigenvalue weighted by molar-refractivity contribution is 5.86. The van der Waals surface area contributed by atoms with Crippen LogP contribution in [0, 0.1) is 0 Å². The average molecular weight is 348 g/mol. The van der Waals surface area contributed by atoms with E-state index in [0.29, 0.717) is 24.3 Å². The van der Waals surface area contributed by atoms with Crippen LogP contribution in [-0.4, -0.2) is 21.2 Å². The molecule has 0 saturated heterocycles. The minimum Gasteiger partial charge on any atom is -0.478 e. The Morgan fingerprint density at radius 2 is 1.67 bits per heavy atom. The van der Waals surface area contributed by atoms with E-state index in [4.69, 9.17) is 5.11 Å². The zero-order valence-electron chi connectivity index (χ0n) is 11.8. The molecular weight excluding hydrogens is 339 g/mol. The molecule has 0 atom stereocenters.